The molecule has 114 valence electrons. The lowest BCUT2D eigenvalue weighted by atomic mass is 9.96. The molecule has 0 spiro atoms. The molecular weight excluding hydrogens is 268 g/mol. The molecule has 0 amide bonds. The first-order chi connectivity index (χ1) is 9.38. The van der Waals surface area contributed by atoms with Crippen LogP contribution in [0.15, 0.2) is 0 Å². The third kappa shape index (κ3) is 3.92. The highest BCUT2D eigenvalue weighted by atomic mass is 32.1. The van der Waals surface area contributed by atoms with Gasteiger partial charge in [0.05, 0.1) is 0 Å². The van der Waals surface area contributed by atoms with Crippen molar-refractivity contribution < 1.29 is 0 Å². The first-order valence-corrected chi connectivity index (χ1v) is 8.49. The minimum atomic E-state index is 0.0379. The Balaban J connectivity index is 2.09. The van der Waals surface area contributed by atoms with E-state index in [4.69, 9.17) is 4.98 Å². The molecule has 2 heterocycles. The van der Waals surface area contributed by atoms with Crippen LogP contribution in [0.25, 0.3) is 0 Å². The molecule has 5 heteroatoms. The van der Waals surface area contributed by atoms with Gasteiger partial charge in [-0.05, 0) is 19.3 Å². The Labute approximate surface area is 127 Å². The molecule has 1 aliphatic rings. The van der Waals surface area contributed by atoms with Gasteiger partial charge >= 0.3 is 0 Å². The van der Waals surface area contributed by atoms with Gasteiger partial charge in [0, 0.05) is 42.1 Å². The first kappa shape index (κ1) is 15.7. The van der Waals surface area contributed by atoms with Gasteiger partial charge in [0.1, 0.15) is 5.82 Å². The lowest BCUT2D eigenvalue weighted by Gasteiger charge is -2.36. The molecule has 20 heavy (non-hydrogen) atoms. The summed E-state index contributed by atoms with van der Waals surface area (Å²) < 4.78 is 4.56. The van der Waals surface area contributed by atoms with Crippen molar-refractivity contribution in [2.45, 2.75) is 71.4 Å². The molecule has 1 unspecified atom stereocenters. The smallest absolute Gasteiger partial charge is 0.205 e. The molecular formula is C15H28N4S. The van der Waals surface area contributed by atoms with Crippen LogP contribution in [0.3, 0.4) is 0 Å². The zero-order chi connectivity index (χ0) is 14.8. The lowest BCUT2D eigenvalue weighted by Crippen LogP contribution is -2.47. The molecule has 1 N–H and O–H groups in total. The number of hydrogen-bond donors (Lipinski definition) is 1. The van der Waals surface area contributed by atoms with Crippen LogP contribution in [-0.4, -0.2) is 34.5 Å². The Kier molecular flexibility index (Phi) is 5.02. The quantitative estimate of drug-likeness (QED) is 0.926. The van der Waals surface area contributed by atoms with E-state index in [9.17, 15) is 0 Å². The van der Waals surface area contributed by atoms with Crippen molar-refractivity contribution in [1.29, 1.82) is 0 Å². The Morgan fingerprint density at radius 2 is 2.10 bits per heavy atom. The molecule has 1 aliphatic heterocycles. The van der Waals surface area contributed by atoms with Crippen molar-refractivity contribution in [2.24, 2.45) is 0 Å². The van der Waals surface area contributed by atoms with Crippen LogP contribution >= 0.6 is 11.5 Å². The Morgan fingerprint density at radius 1 is 1.35 bits per heavy atom. The molecule has 0 bridgehead atoms. The maximum absolute atomic E-state index is 4.79. The van der Waals surface area contributed by atoms with Crippen molar-refractivity contribution in [3.8, 4) is 0 Å². The number of piperidine rings is 1. The topological polar surface area (TPSA) is 41.0 Å². The molecule has 1 atom stereocenters. The van der Waals surface area contributed by atoms with Crippen LogP contribution in [-0.2, 0) is 5.41 Å². The number of anilines is 1. The monoisotopic (exact) mass is 296 g/mol. The second-order valence-electron chi connectivity index (χ2n) is 7.06. The molecule has 0 saturated carbocycles. The fourth-order valence-corrected chi connectivity index (χ4v) is 3.43. The predicted molar refractivity (Wildman–Crippen MR) is 86.7 cm³/mol. The van der Waals surface area contributed by atoms with Gasteiger partial charge in [-0.25, -0.2) is 4.98 Å². The lowest BCUT2D eigenvalue weighted by molar-refractivity contribution is 0.420. The molecule has 1 fully saturated rings. The van der Waals surface area contributed by atoms with Crippen LogP contribution in [0.1, 0.15) is 59.7 Å². The highest BCUT2D eigenvalue weighted by Crippen LogP contribution is 2.29. The zero-order valence-corrected chi connectivity index (χ0v) is 14.3. The molecule has 4 nitrogen and oxygen atoms in total. The van der Waals surface area contributed by atoms with Gasteiger partial charge in [0.25, 0.3) is 0 Å². The maximum Gasteiger partial charge on any atom is 0.205 e. The van der Waals surface area contributed by atoms with Crippen molar-refractivity contribution in [1.82, 2.24) is 14.7 Å². The third-order valence-electron chi connectivity index (χ3n) is 3.72. The molecule has 2 rings (SSSR count). The third-order valence-corrected chi connectivity index (χ3v) is 4.47. The summed E-state index contributed by atoms with van der Waals surface area (Å²) in [5.74, 6) is 0.971. The number of aromatic nitrogens is 2. The van der Waals surface area contributed by atoms with Crippen molar-refractivity contribution in [3.05, 3.63) is 5.82 Å². The van der Waals surface area contributed by atoms with Gasteiger partial charge in [0.15, 0.2) is 0 Å². The average molecular weight is 296 g/mol. The SMILES string of the molecule is CC(C)NCC1CCCCN1c1nc(C(C)(C)C)ns1. The molecule has 0 aliphatic carbocycles. The van der Waals surface area contributed by atoms with Gasteiger partial charge in [-0.2, -0.15) is 4.37 Å². The fraction of sp³-hybridized carbons (Fsp3) is 0.867. The summed E-state index contributed by atoms with van der Waals surface area (Å²) in [4.78, 5) is 7.25. The summed E-state index contributed by atoms with van der Waals surface area (Å²) in [5, 5.41) is 4.67. The van der Waals surface area contributed by atoms with Crippen LogP contribution < -0.4 is 10.2 Å². The molecule has 1 aromatic rings. The molecule has 0 aromatic carbocycles. The number of nitrogens with one attached hydrogen (secondary N) is 1. The number of rotatable bonds is 4. The Morgan fingerprint density at radius 3 is 2.70 bits per heavy atom. The predicted octanol–water partition coefficient (Wildman–Crippen LogP) is 3.19. The highest BCUT2D eigenvalue weighted by Gasteiger charge is 2.27. The summed E-state index contributed by atoms with van der Waals surface area (Å²) in [6, 6.07) is 1.10. The van der Waals surface area contributed by atoms with E-state index in [1.807, 2.05) is 0 Å². The Bertz CT molecular complexity index is 422. The van der Waals surface area contributed by atoms with Crippen molar-refractivity contribution in [3.63, 3.8) is 0 Å². The van der Waals surface area contributed by atoms with Crippen molar-refractivity contribution >= 4 is 16.7 Å². The fourth-order valence-electron chi connectivity index (χ4n) is 2.47. The summed E-state index contributed by atoms with van der Waals surface area (Å²) in [5.41, 5.74) is 0.0379. The first-order valence-electron chi connectivity index (χ1n) is 7.72. The van der Waals surface area contributed by atoms with E-state index in [1.54, 1.807) is 11.5 Å². The number of hydrogen-bond acceptors (Lipinski definition) is 5. The summed E-state index contributed by atoms with van der Waals surface area (Å²) >= 11 is 1.56. The van der Waals surface area contributed by atoms with Crippen LogP contribution in [0, 0.1) is 0 Å². The second-order valence-corrected chi connectivity index (χ2v) is 7.79. The van der Waals surface area contributed by atoms with Gasteiger partial charge in [-0.1, -0.05) is 34.6 Å². The number of nitrogens with zero attached hydrogens (tertiary/aromatic N) is 3. The van der Waals surface area contributed by atoms with E-state index in [2.05, 4.69) is 49.2 Å². The van der Waals surface area contributed by atoms with Gasteiger partial charge in [0.2, 0.25) is 5.13 Å². The average Bonchev–Trinajstić information content (AvgIpc) is 2.86. The molecule has 1 aromatic heterocycles. The van der Waals surface area contributed by atoms with Crippen LogP contribution in [0.2, 0.25) is 0 Å². The van der Waals surface area contributed by atoms with E-state index < -0.39 is 0 Å². The normalized spacial score (nSPS) is 20.7. The minimum Gasteiger partial charge on any atom is -0.343 e. The summed E-state index contributed by atoms with van der Waals surface area (Å²) in [6.07, 6.45) is 3.85. The van der Waals surface area contributed by atoms with E-state index >= 15 is 0 Å². The van der Waals surface area contributed by atoms with E-state index in [0.29, 0.717) is 12.1 Å². The van der Waals surface area contributed by atoms with E-state index in [0.717, 1.165) is 24.0 Å². The van der Waals surface area contributed by atoms with Crippen LogP contribution in [0.5, 0.6) is 0 Å². The van der Waals surface area contributed by atoms with Gasteiger partial charge in [-0.15, -0.1) is 0 Å². The van der Waals surface area contributed by atoms with Gasteiger partial charge < -0.3 is 10.2 Å². The van der Waals surface area contributed by atoms with Gasteiger partial charge in [-0.3, -0.25) is 0 Å². The summed E-state index contributed by atoms with van der Waals surface area (Å²) in [6.45, 7) is 13.1. The maximum atomic E-state index is 4.79. The summed E-state index contributed by atoms with van der Waals surface area (Å²) in [7, 11) is 0. The van der Waals surface area contributed by atoms with Crippen molar-refractivity contribution in [2.75, 3.05) is 18.0 Å². The molecule has 1 saturated heterocycles. The Hall–Kier alpha value is -0.680. The minimum absolute atomic E-state index is 0.0379. The van der Waals surface area contributed by atoms with E-state index in [1.165, 1.54) is 19.3 Å². The second kappa shape index (κ2) is 6.39. The zero-order valence-electron chi connectivity index (χ0n) is 13.4. The molecule has 0 radical (unpaired) electrons. The standard InChI is InChI=1S/C15H28N4S/c1-11(2)16-10-12-8-6-7-9-19(12)14-17-13(18-20-14)15(3,4)5/h11-12,16H,6-10H2,1-5H3. The largest absolute Gasteiger partial charge is 0.343 e. The van der Waals surface area contributed by atoms with E-state index in [-0.39, 0.29) is 5.41 Å². The van der Waals surface area contributed by atoms with Crippen LogP contribution in [0.4, 0.5) is 5.13 Å². The highest BCUT2D eigenvalue weighted by molar-refractivity contribution is 7.09.